The van der Waals surface area contributed by atoms with E-state index in [1.54, 1.807) is 0 Å². The van der Waals surface area contributed by atoms with Crippen LogP contribution in [0.3, 0.4) is 0 Å². The van der Waals surface area contributed by atoms with Gasteiger partial charge in [0.25, 0.3) is 0 Å². The number of halogens is 8. The largest absolute Gasteiger partial charge is 0.429 e. The highest BCUT2D eigenvalue weighted by Gasteiger charge is 2.43. The van der Waals surface area contributed by atoms with Gasteiger partial charge < -0.3 is 19.3 Å². The standard InChI is InChI=1S/C27H22F8O4/c1-3-8-25(2)12-37-27(36,38-13-25)14-4-5-16(19(28)9-14)17-6-7-18(23(32)22(17)31)26(34,35)39-15-10-20(29)24(33)21(30)11-15/h4-7,9-11,36H,3,8,12-13H2,1-2H3. The van der Waals surface area contributed by atoms with Gasteiger partial charge >= 0.3 is 12.1 Å². The Morgan fingerprint density at radius 3 is 1.97 bits per heavy atom. The van der Waals surface area contributed by atoms with Crippen LogP contribution in [0.25, 0.3) is 11.1 Å². The van der Waals surface area contributed by atoms with E-state index >= 15 is 0 Å². The molecule has 210 valence electrons. The molecule has 1 saturated heterocycles. The lowest BCUT2D eigenvalue weighted by molar-refractivity contribution is -0.414. The maximum atomic E-state index is 15.0. The number of alkyl halides is 2. The second-order valence-electron chi connectivity index (χ2n) is 9.52. The van der Waals surface area contributed by atoms with Crippen LogP contribution >= 0.6 is 0 Å². The van der Waals surface area contributed by atoms with E-state index in [1.165, 1.54) is 0 Å². The van der Waals surface area contributed by atoms with Gasteiger partial charge in [0.15, 0.2) is 29.1 Å². The monoisotopic (exact) mass is 562 g/mol. The Morgan fingerprint density at radius 1 is 0.821 bits per heavy atom. The summed E-state index contributed by atoms with van der Waals surface area (Å²) in [6, 6.07) is 4.14. The summed E-state index contributed by atoms with van der Waals surface area (Å²) in [4.78, 5) is 0. The molecule has 1 aliphatic rings. The average Bonchev–Trinajstić information content (AvgIpc) is 2.86. The fourth-order valence-corrected chi connectivity index (χ4v) is 4.25. The van der Waals surface area contributed by atoms with Crippen LogP contribution in [-0.4, -0.2) is 18.3 Å². The molecule has 3 aromatic rings. The van der Waals surface area contributed by atoms with Gasteiger partial charge in [0.2, 0.25) is 0 Å². The van der Waals surface area contributed by atoms with Crippen molar-refractivity contribution < 1.29 is 54.4 Å². The van der Waals surface area contributed by atoms with Crippen molar-refractivity contribution in [2.75, 3.05) is 13.2 Å². The van der Waals surface area contributed by atoms with Crippen molar-refractivity contribution in [1.82, 2.24) is 0 Å². The molecule has 3 aromatic carbocycles. The van der Waals surface area contributed by atoms with Crippen molar-refractivity contribution in [2.24, 2.45) is 5.41 Å². The summed E-state index contributed by atoms with van der Waals surface area (Å²) >= 11 is 0. The van der Waals surface area contributed by atoms with Gasteiger partial charge in [-0.1, -0.05) is 38.5 Å². The van der Waals surface area contributed by atoms with Crippen LogP contribution in [0.4, 0.5) is 35.1 Å². The summed E-state index contributed by atoms with van der Waals surface area (Å²) in [6.07, 6.45) is -3.07. The van der Waals surface area contributed by atoms with Crippen LogP contribution in [0.2, 0.25) is 0 Å². The molecule has 1 N–H and O–H groups in total. The molecule has 4 nitrogen and oxygen atoms in total. The van der Waals surface area contributed by atoms with Gasteiger partial charge in [-0.25, -0.2) is 26.3 Å². The quantitative estimate of drug-likeness (QED) is 0.243. The van der Waals surface area contributed by atoms with E-state index in [1.807, 2.05) is 13.8 Å². The molecule has 0 amide bonds. The van der Waals surface area contributed by atoms with Crippen molar-refractivity contribution >= 4 is 0 Å². The molecular weight excluding hydrogens is 540 g/mol. The van der Waals surface area contributed by atoms with Gasteiger partial charge in [0.1, 0.15) is 17.1 Å². The average molecular weight is 562 g/mol. The summed E-state index contributed by atoms with van der Waals surface area (Å²) in [5.41, 5.74) is -3.49. The summed E-state index contributed by atoms with van der Waals surface area (Å²) in [6.45, 7) is 4.08. The molecule has 0 aromatic heterocycles. The molecule has 1 heterocycles. The topological polar surface area (TPSA) is 47.9 Å². The van der Waals surface area contributed by atoms with Gasteiger partial charge in [-0.3, -0.25) is 0 Å². The zero-order valence-electron chi connectivity index (χ0n) is 20.6. The minimum absolute atomic E-state index is 0.101. The molecule has 1 fully saturated rings. The van der Waals surface area contributed by atoms with Crippen LogP contribution in [0.1, 0.15) is 37.8 Å². The van der Waals surface area contributed by atoms with Gasteiger partial charge in [0, 0.05) is 34.2 Å². The Balaban J connectivity index is 1.60. The van der Waals surface area contributed by atoms with E-state index < -0.39 is 69.4 Å². The lowest BCUT2D eigenvalue weighted by Gasteiger charge is -2.41. The second kappa shape index (κ2) is 10.4. The summed E-state index contributed by atoms with van der Waals surface area (Å²) in [5, 5.41) is 10.7. The predicted molar refractivity (Wildman–Crippen MR) is 121 cm³/mol. The van der Waals surface area contributed by atoms with Crippen LogP contribution in [0.15, 0.2) is 42.5 Å². The maximum Gasteiger partial charge on any atom is 0.429 e. The first kappa shape index (κ1) is 28.8. The molecule has 0 bridgehead atoms. The molecule has 0 radical (unpaired) electrons. The first-order chi connectivity index (χ1) is 18.2. The molecule has 0 spiro atoms. The molecule has 0 aliphatic carbocycles. The minimum atomic E-state index is -4.66. The Bertz CT molecular complexity index is 1360. The zero-order valence-corrected chi connectivity index (χ0v) is 20.6. The highest BCUT2D eigenvalue weighted by Crippen LogP contribution is 2.40. The Labute approximate surface area is 217 Å². The van der Waals surface area contributed by atoms with E-state index in [0.717, 1.165) is 31.0 Å². The zero-order chi connectivity index (χ0) is 28.8. The highest BCUT2D eigenvalue weighted by atomic mass is 19.3. The van der Waals surface area contributed by atoms with E-state index in [-0.39, 0.29) is 36.3 Å². The number of ether oxygens (including phenoxy) is 3. The van der Waals surface area contributed by atoms with Gasteiger partial charge in [0.05, 0.1) is 13.2 Å². The molecule has 1 aliphatic heterocycles. The van der Waals surface area contributed by atoms with Crippen molar-refractivity contribution in [3.05, 3.63) is 88.5 Å². The summed E-state index contributed by atoms with van der Waals surface area (Å²) < 4.78 is 128. The number of benzene rings is 3. The van der Waals surface area contributed by atoms with Crippen molar-refractivity contribution in [2.45, 2.75) is 38.8 Å². The second-order valence-corrected chi connectivity index (χ2v) is 9.52. The van der Waals surface area contributed by atoms with Crippen molar-refractivity contribution in [1.29, 1.82) is 0 Å². The molecule has 39 heavy (non-hydrogen) atoms. The summed E-state index contributed by atoms with van der Waals surface area (Å²) in [5.74, 6) is -14.3. The number of aliphatic hydroxyl groups is 1. The normalized spacial score (nSPS) is 21.7. The third-order valence-corrected chi connectivity index (χ3v) is 6.31. The Hall–Kier alpha value is -3.22. The SMILES string of the molecule is CCCC1(C)COC(O)(c2ccc(-c3ccc(C(F)(F)Oc4cc(F)c(F)c(F)c4)c(F)c3F)c(F)c2)OC1. The number of hydrogen-bond donors (Lipinski definition) is 1. The smallest absolute Gasteiger partial charge is 0.429 e. The molecule has 12 heteroatoms. The van der Waals surface area contributed by atoms with E-state index in [4.69, 9.17) is 9.47 Å². The fourth-order valence-electron chi connectivity index (χ4n) is 4.25. The summed E-state index contributed by atoms with van der Waals surface area (Å²) in [7, 11) is 0. The van der Waals surface area contributed by atoms with Crippen LogP contribution in [-0.2, 0) is 21.6 Å². The van der Waals surface area contributed by atoms with Crippen LogP contribution in [0, 0.1) is 40.3 Å². The Kier molecular flexibility index (Phi) is 7.67. The highest BCUT2D eigenvalue weighted by molar-refractivity contribution is 5.66. The first-order valence-electron chi connectivity index (χ1n) is 11.7. The minimum Gasteiger partial charge on any atom is -0.429 e. The fraction of sp³-hybridized carbons (Fsp3) is 0.333. The number of hydrogen-bond acceptors (Lipinski definition) is 4. The van der Waals surface area contributed by atoms with Gasteiger partial charge in [-0.05, 0) is 18.6 Å². The Morgan fingerprint density at radius 2 is 1.41 bits per heavy atom. The van der Waals surface area contributed by atoms with Crippen LogP contribution in [0.5, 0.6) is 5.75 Å². The van der Waals surface area contributed by atoms with E-state index in [9.17, 15) is 40.2 Å². The molecule has 0 saturated carbocycles. The third kappa shape index (κ3) is 5.59. The molecule has 0 atom stereocenters. The number of rotatable bonds is 7. The van der Waals surface area contributed by atoms with E-state index in [0.29, 0.717) is 12.1 Å². The molecule has 4 rings (SSSR count). The van der Waals surface area contributed by atoms with Gasteiger partial charge in [-0.2, -0.15) is 8.78 Å². The van der Waals surface area contributed by atoms with Crippen molar-refractivity contribution in [3.8, 4) is 16.9 Å². The van der Waals surface area contributed by atoms with Crippen LogP contribution < -0.4 is 4.74 Å². The first-order valence-corrected chi connectivity index (χ1v) is 11.7. The molecular formula is C27H22F8O4. The third-order valence-electron chi connectivity index (χ3n) is 6.31. The van der Waals surface area contributed by atoms with Crippen molar-refractivity contribution in [3.63, 3.8) is 0 Å². The lowest BCUT2D eigenvalue weighted by Crippen LogP contribution is -2.46. The molecule has 0 unspecified atom stereocenters. The van der Waals surface area contributed by atoms with Gasteiger partial charge in [-0.15, -0.1) is 0 Å². The maximum absolute atomic E-state index is 15.0. The van der Waals surface area contributed by atoms with E-state index in [2.05, 4.69) is 4.74 Å². The lowest BCUT2D eigenvalue weighted by atomic mass is 9.86. The predicted octanol–water partition coefficient (Wildman–Crippen LogP) is 7.27.